The second-order valence-electron chi connectivity index (χ2n) is 2.60. The number of aromatic amines is 1. The Bertz CT molecular complexity index is 523. The van der Waals surface area contributed by atoms with Crippen LogP contribution in [0.4, 0.5) is 0 Å². The van der Waals surface area contributed by atoms with E-state index in [4.69, 9.17) is 5.11 Å². The zero-order chi connectivity index (χ0) is 9.42. The average molecular weight is 178 g/mol. The van der Waals surface area contributed by atoms with E-state index in [1.165, 1.54) is 10.5 Å². The fourth-order valence-electron chi connectivity index (χ4n) is 1.17. The molecule has 0 aromatic carbocycles. The van der Waals surface area contributed by atoms with Gasteiger partial charge < -0.3 is 10.1 Å². The highest BCUT2D eigenvalue weighted by Gasteiger charge is 2.05. The summed E-state index contributed by atoms with van der Waals surface area (Å²) in [7, 11) is 0. The van der Waals surface area contributed by atoms with Gasteiger partial charge in [-0.3, -0.25) is 4.40 Å². The largest absolute Gasteiger partial charge is 0.477 e. The highest BCUT2D eigenvalue weighted by atomic mass is 16.4. The van der Waals surface area contributed by atoms with Crippen LogP contribution in [0.5, 0.6) is 0 Å². The van der Waals surface area contributed by atoms with Gasteiger partial charge in [-0.05, 0) is 18.2 Å². The standard InChI is InChI=1S/C8H6N2O3/c11-7(12)6-4-5-2-1-3-10(5)8(13)9-6/h1-4H,(H,9,13)(H,11,12). The summed E-state index contributed by atoms with van der Waals surface area (Å²) >= 11 is 0. The summed E-state index contributed by atoms with van der Waals surface area (Å²) in [5, 5.41) is 8.63. The molecule has 0 fully saturated rings. The molecule has 2 aromatic rings. The van der Waals surface area contributed by atoms with Gasteiger partial charge in [0.25, 0.3) is 0 Å². The van der Waals surface area contributed by atoms with E-state index in [0.29, 0.717) is 5.52 Å². The van der Waals surface area contributed by atoms with Crippen molar-refractivity contribution in [3.8, 4) is 0 Å². The Labute approximate surface area is 72.3 Å². The summed E-state index contributed by atoms with van der Waals surface area (Å²) in [6, 6.07) is 4.75. The molecule has 0 aliphatic heterocycles. The smallest absolute Gasteiger partial charge is 0.352 e. The molecule has 2 N–H and O–H groups in total. The molecule has 66 valence electrons. The molecule has 0 radical (unpaired) electrons. The van der Waals surface area contributed by atoms with Crippen molar-refractivity contribution in [1.29, 1.82) is 0 Å². The number of nitrogens with zero attached hydrogens (tertiary/aromatic N) is 1. The first kappa shape index (κ1) is 7.60. The van der Waals surface area contributed by atoms with Gasteiger partial charge in [-0.1, -0.05) is 0 Å². The quantitative estimate of drug-likeness (QED) is 0.660. The fraction of sp³-hybridized carbons (Fsp3) is 0. The van der Waals surface area contributed by atoms with Crippen molar-refractivity contribution in [2.24, 2.45) is 0 Å². The minimum atomic E-state index is -1.14. The van der Waals surface area contributed by atoms with E-state index < -0.39 is 11.7 Å². The maximum absolute atomic E-state index is 11.2. The summed E-state index contributed by atoms with van der Waals surface area (Å²) in [5.74, 6) is -1.14. The number of hydrogen-bond donors (Lipinski definition) is 2. The third-order valence-corrected chi connectivity index (χ3v) is 1.76. The lowest BCUT2D eigenvalue weighted by atomic mass is 10.3. The first-order chi connectivity index (χ1) is 6.18. The van der Waals surface area contributed by atoms with Gasteiger partial charge in [-0.2, -0.15) is 0 Å². The molecule has 0 spiro atoms. The number of H-pyrrole nitrogens is 1. The molecule has 2 aromatic heterocycles. The van der Waals surface area contributed by atoms with Crippen molar-refractivity contribution in [2.45, 2.75) is 0 Å². The van der Waals surface area contributed by atoms with E-state index in [0.717, 1.165) is 0 Å². The van der Waals surface area contributed by atoms with Gasteiger partial charge >= 0.3 is 11.7 Å². The van der Waals surface area contributed by atoms with Crippen molar-refractivity contribution >= 4 is 11.5 Å². The average Bonchev–Trinajstić information content (AvgIpc) is 2.51. The molecule has 0 unspecified atom stereocenters. The van der Waals surface area contributed by atoms with Crippen LogP contribution in [0.15, 0.2) is 29.2 Å². The fourth-order valence-corrected chi connectivity index (χ4v) is 1.17. The lowest BCUT2D eigenvalue weighted by Gasteiger charge is -1.96. The van der Waals surface area contributed by atoms with Gasteiger partial charge in [0.2, 0.25) is 0 Å². The number of hydrogen-bond acceptors (Lipinski definition) is 2. The van der Waals surface area contributed by atoms with Crippen molar-refractivity contribution in [1.82, 2.24) is 9.38 Å². The zero-order valence-corrected chi connectivity index (χ0v) is 6.52. The van der Waals surface area contributed by atoms with E-state index in [1.54, 1.807) is 18.3 Å². The number of carboxylic acids is 1. The van der Waals surface area contributed by atoms with Crippen molar-refractivity contribution in [3.63, 3.8) is 0 Å². The molecule has 2 heterocycles. The summed E-state index contributed by atoms with van der Waals surface area (Å²) < 4.78 is 1.34. The first-order valence-corrected chi connectivity index (χ1v) is 3.62. The van der Waals surface area contributed by atoms with Gasteiger partial charge in [0, 0.05) is 6.20 Å². The molecule has 0 bridgehead atoms. The Morgan fingerprint density at radius 1 is 1.54 bits per heavy atom. The van der Waals surface area contributed by atoms with E-state index in [9.17, 15) is 9.59 Å². The molecule has 0 saturated carbocycles. The van der Waals surface area contributed by atoms with Crippen LogP contribution in [0.1, 0.15) is 10.5 Å². The molecule has 0 aliphatic rings. The minimum Gasteiger partial charge on any atom is -0.477 e. The summed E-state index contributed by atoms with van der Waals surface area (Å²) in [4.78, 5) is 24.0. The maximum atomic E-state index is 11.2. The third-order valence-electron chi connectivity index (χ3n) is 1.76. The molecule has 5 heteroatoms. The Morgan fingerprint density at radius 3 is 3.00 bits per heavy atom. The van der Waals surface area contributed by atoms with Crippen LogP contribution in [0.2, 0.25) is 0 Å². The van der Waals surface area contributed by atoms with Gasteiger partial charge in [0.15, 0.2) is 0 Å². The van der Waals surface area contributed by atoms with Crippen LogP contribution in [-0.2, 0) is 0 Å². The van der Waals surface area contributed by atoms with Crippen LogP contribution in [0.3, 0.4) is 0 Å². The lowest BCUT2D eigenvalue weighted by Crippen LogP contribution is -2.19. The Hall–Kier alpha value is -2.04. The third kappa shape index (κ3) is 1.10. The Balaban J connectivity index is 2.85. The van der Waals surface area contributed by atoms with Gasteiger partial charge in [0.1, 0.15) is 5.69 Å². The van der Waals surface area contributed by atoms with Crippen LogP contribution >= 0.6 is 0 Å². The van der Waals surface area contributed by atoms with E-state index in [2.05, 4.69) is 4.98 Å². The summed E-state index contributed by atoms with van der Waals surface area (Å²) in [5.41, 5.74) is 0.0252. The zero-order valence-electron chi connectivity index (χ0n) is 6.52. The van der Waals surface area contributed by atoms with Crippen molar-refractivity contribution < 1.29 is 9.90 Å². The Kier molecular flexibility index (Phi) is 1.45. The van der Waals surface area contributed by atoms with E-state index >= 15 is 0 Å². The van der Waals surface area contributed by atoms with E-state index in [-0.39, 0.29) is 5.69 Å². The second-order valence-corrected chi connectivity index (χ2v) is 2.60. The van der Waals surface area contributed by atoms with E-state index in [1.807, 2.05) is 0 Å². The molecule has 13 heavy (non-hydrogen) atoms. The molecule has 0 atom stereocenters. The molecule has 0 amide bonds. The number of nitrogens with one attached hydrogen (secondary N) is 1. The van der Waals surface area contributed by atoms with Crippen LogP contribution < -0.4 is 5.69 Å². The number of aromatic carboxylic acids is 1. The van der Waals surface area contributed by atoms with Crippen molar-refractivity contribution in [3.05, 3.63) is 40.6 Å². The highest BCUT2D eigenvalue weighted by Crippen LogP contribution is 2.02. The first-order valence-electron chi connectivity index (χ1n) is 3.62. The molecular formula is C8H6N2O3. The molecule has 5 nitrogen and oxygen atoms in total. The summed E-state index contributed by atoms with van der Waals surface area (Å²) in [6.45, 7) is 0. The predicted molar refractivity (Wildman–Crippen MR) is 45.0 cm³/mol. The number of carboxylic acid groups (broad SMARTS) is 1. The predicted octanol–water partition coefficient (Wildman–Crippen LogP) is 0.326. The van der Waals surface area contributed by atoms with Crippen LogP contribution in [-0.4, -0.2) is 20.5 Å². The second kappa shape index (κ2) is 2.48. The number of aromatic nitrogens is 2. The van der Waals surface area contributed by atoms with Gasteiger partial charge in [0.05, 0.1) is 5.52 Å². The van der Waals surface area contributed by atoms with Crippen LogP contribution in [0.25, 0.3) is 5.52 Å². The van der Waals surface area contributed by atoms with Crippen molar-refractivity contribution in [2.75, 3.05) is 0 Å². The van der Waals surface area contributed by atoms with Gasteiger partial charge in [-0.15, -0.1) is 0 Å². The molecule has 0 saturated heterocycles. The minimum absolute atomic E-state index is 0.101. The number of fused-ring (bicyclic) bond motifs is 1. The normalized spacial score (nSPS) is 10.5. The number of carbonyl (C=O) groups is 1. The molecular weight excluding hydrogens is 172 g/mol. The Morgan fingerprint density at radius 2 is 2.31 bits per heavy atom. The number of rotatable bonds is 1. The monoisotopic (exact) mass is 178 g/mol. The molecule has 2 rings (SSSR count). The highest BCUT2D eigenvalue weighted by molar-refractivity contribution is 5.86. The molecule has 0 aliphatic carbocycles. The SMILES string of the molecule is O=C(O)c1cc2cccn2c(=O)[nH]1. The van der Waals surface area contributed by atoms with Crippen LogP contribution in [0, 0.1) is 0 Å². The maximum Gasteiger partial charge on any atom is 0.352 e. The van der Waals surface area contributed by atoms with Gasteiger partial charge in [-0.25, -0.2) is 9.59 Å². The lowest BCUT2D eigenvalue weighted by molar-refractivity contribution is 0.0690. The summed E-state index contributed by atoms with van der Waals surface area (Å²) in [6.07, 6.45) is 1.57. The topological polar surface area (TPSA) is 74.6 Å².